The van der Waals surface area contributed by atoms with E-state index in [9.17, 15) is 19.2 Å². The van der Waals surface area contributed by atoms with Gasteiger partial charge in [0.15, 0.2) is 11.5 Å². The minimum Gasteiger partial charge on any atom is -0.493 e. The number of nitrogens with one attached hydrogen (secondary N) is 1. The molecule has 1 aliphatic heterocycles. The number of carboxylic acids is 1. The monoisotopic (exact) mass is 564 g/mol. The quantitative estimate of drug-likeness (QED) is 0.314. The van der Waals surface area contributed by atoms with Crippen molar-refractivity contribution in [3.8, 4) is 11.5 Å². The normalized spacial score (nSPS) is 14.5. The fourth-order valence-corrected chi connectivity index (χ4v) is 4.19. The van der Waals surface area contributed by atoms with E-state index < -0.39 is 23.8 Å². The predicted molar refractivity (Wildman–Crippen MR) is 139 cm³/mol. The Morgan fingerprint density at radius 2 is 1.76 bits per heavy atom. The van der Waals surface area contributed by atoms with Crippen molar-refractivity contribution in [1.82, 2.24) is 5.32 Å². The van der Waals surface area contributed by atoms with Gasteiger partial charge in [-0.1, -0.05) is 34.1 Å². The van der Waals surface area contributed by atoms with Crippen LogP contribution in [-0.4, -0.2) is 36.0 Å². The Labute approximate surface area is 220 Å². The van der Waals surface area contributed by atoms with Crippen LogP contribution in [0.15, 0.2) is 70.7 Å². The number of urea groups is 1. The lowest BCUT2D eigenvalue weighted by molar-refractivity contribution is -0.122. The number of barbiturate groups is 1. The summed E-state index contributed by atoms with van der Waals surface area (Å²) in [4.78, 5) is 50.2. The summed E-state index contributed by atoms with van der Waals surface area (Å²) in [7, 11) is 1.45. The van der Waals surface area contributed by atoms with Crippen LogP contribution < -0.4 is 19.7 Å². The number of benzene rings is 3. The van der Waals surface area contributed by atoms with Gasteiger partial charge in [0.05, 0.1) is 18.4 Å². The number of amides is 4. The lowest BCUT2D eigenvalue weighted by Gasteiger charge is -2.27. The highest BCUT2D eigenvalue weighted by Gasteiger charge is 2.37. The Morgan fingerprint density at radius 1 is 1.03 bits per heavy atom. The summed E-state index contributed by atoms with van der Waals surface area (Å²) in [6.45, 7) is 1.92. The van der Waals surface area contributed by atoms with E-state index in [1.54, 1.807) is 55.5 Å². The van der Waals surface area contributed by atoms with Gasteiger partial charge < -0.3 is 14.6 Å². The minimum absolute atomic E-state index is 0.168. The van der Waals surface area contributed by atoms with Crippen molar-refractivity contribution < 1.29 is 33.8 Å². The third kappa shape index (κ3) is 5.54. The van der Waals surface area contributed by atoms with Crippen molar-refractivity contribution in [3.63, 3.8) is 0 Å². The average Bonchev–Trinajstić information content (AvgIpc) is 2.87. The van der Waals surface area contributed by atoms with E-state index in [0.29, 0.717) is 28.3 Å². The fourth-order valence-electron chi connectivity index (χ4n) is 3.71. The Kier molecular flexibility index (Phi) is 7.40. The molecule has 2 N–H and O–H groups in total. The molecule has 0 bridgehead atoms. The van der Waals surface area contributed by atoms with Gasteiger partial charge >= 0.3 is 12.0 Å². The molecule has 0 aromatic heterocycles. The second kappa shape index (κ2) is 10.7. The van der Waals surface area contributed by atoms with Crippen LogP contribution in [0.25, 0.3) is 6.08 Å². The highest BCUT2D eigenvalue weighted by Crippen LogP contribution is 2.31. The number of imide groups is 2. The Morgan fingerprint density at radius 3 is 2.41 bits per heavy atom. The van der Waals surface area contributed by atoms with Crippen LogP contribution in [0, 0.1) is 6.92 Å². The number of carboxylic acid groups (broad SMARTS) is 1. The maximum absolute atomic E-state index is 13.2. The number of anilines is 1. The number of aromatic carboxylic acids is 1. The molecule has 0 atom stereocenters. The van der Waals surface area contributed by atoms with E-state index in [-0.39, 0.29) is 17.7 Å². The van der Waals surface area contributed by atoms with Crippen molar-refractivity contribution in [2.45, 2.75) is 13.5 Å². The van der Waals surface area contributed by atoms with Crippen molar-refractivity contribution >= 4 is 51.5 Å². The lowest BCUT2D eigenvalue weighted by atomic mass is 10.1. The van der Waals surface area contributed by atoms with Crippen LogP contribution >= 0.6 is 15.9 Å². The van der Waals surface area contributed by atoms with E-state index in [2.05, 4.69) is 21.2 Å². The first-order valence-corrected chi connectivity index (χ1v) is 11.8. The van der Waals surface area contributed by atoms with E-state index in [1.165, 1.54) is 25.3 Å². The summed E-state index contributed by atoms with van der Waals surface area (Å²) in [5.41, 5.74) is 2.24. The molecule has 10 heteroatoms. The standard InChI is InChI=1S/C27H21BrN2O7/c1-15-11-19(28)8-9-21(15)30-25(32)20(24(31)29-27(30)35)12-17-5-10-22(23(13-17)36-2)37-14-16-3-6-18(7-4-16)26(33)34/h3-13H,14H2,1-2H3,(H,33,34)(H,29,31,35). The van der Waals surface area contributed by atoms with Gasteiger partial charge in [-0.2, -0.15) is 0 Å². The van der Waals surface area contributed by atoms with Crippen molar-refractivity contribution in [1.29, 1.82) is 0 Å². The number of hydrogen-bond donors (Lipinski definition) is 2. The van der Waals surface area contributed by atoms with Crippen LogP contribution in [-0.2, 0) is 16.2 Å². The van der Waals surface area contributed by atoms with Gasteiger partial charge in [0.2, 0.25) is 0 Å². The van der Waals surface area contributed by atoms with Crippen molar-refractivity contribution in [3.05, 3.63) is 93.0 Å². The van der Waals surface area contributed by atoms with Crippen LogP contribution in [0.4, 0.5) is 10.5 Å². The average molecular weight is 565 g/mol. The van der Waals surface area contributed by atoms with E-state index in [1.807, 2.05) is 0 Å². The number of methoxy groups -OCH3 is 1. The summed E-state index contributed by atoms with van der Waals surface area (Å²) in [6, 6.07) is 15.4. The first-order valence-electron chi connectivity index (χ1n) is 11.0. The molecule has 1 saturated heterocycles. The molecular formula is C27H21BrN2O7. The Hall–Kier alpha value is -4.44. The molecule has 4 amide bonds. The van der Waals surface area contributed by atoms with Crippen molar-refractivity contribution in [2.24, 2.45) is 0 Å². The van der Waals surface area contributed by atoms with Crippen LogP contribution in [0.1, 0.15) is 27.0 Å². The summed E-state index contributed by atoms with van der Waals surface area (Å²) in [6.07, 6.45) is 1.38. The maximum Gasteiger partial charge on any atom is 0.335 e. The van der Waals surface area contributed by atoms with Crippen LogP contribution in [0.3, 0.4) is 0 Å². The molecule has 0 spiro atoms. The van der Waals surface area contributed by atoms with Gasteiger partial charge in [-0.05, 0) is 72.2 Å². The zero-order valence-corrected chi connectivity index (χ0v) is 21.4. The molecule has 4 rings (SSSR count). The number of hydrogen-bond acceptors (Lipinski definition) is 6. The lowest BCUT2D eigenvalue weighted by Crippen LogP contribution is -2.54. The Bertz CT molecular complexity index is 1450. The number of aryl methyl sites for hydroxylation is 1. The number of carbonyl (C=O) groups is 4. The third-order valence-electron chi connectivity index (χ3n) is 5.60. The SMILES string of the molecule is COc1cc(C=C2C(=O)NC(=O)N(c3ccc(Br)cc3C)C2=O)ccc1OCc1ccc(C(=O)O)cc1. The molecule has 1 aliphatic rings. The number of ether oxygens (including phenoxy) is 2. The molecule has 37 heavy (non-hydrogen) atoms. The number of halogens is 1. The molecule has 0 aliphatic carbocycles. The molecule has 0 saturated carbocycles. The van der Waals surface area contributed by atoms with Crippen LogP contribution in [0.5, 0.6) is 11.5 Å². The zero-order valence-electron chi connectivity index (χ0n) is 19.8. The molecular weight excluding hydrogens is 544 g/mol. The smallest absolute Gasteiger partial charge is 0.335 e. The molecule has 3 aromatic carbocycles. The summed E-state index contributed by atoms with van der Waals surface area (Å²) in [5, 5.41) is 11.2. The maximum atomic E-state index is 13.2. The highest BCUT2D eigenvalue weighted by molar-refractivity contribution is 9.10. The summed E-state index contributed by atoms with van der Waals surface area (Å²) < 4.78 is 12.0. The molecule has 3 aromatic rings. The predicted octanol–water partition coefficient (Wildman–Crippen LogP) is 4.71. The molecule has 188 valence electrons. The van der Waals surface area contributed by atoms with E-state index >= 15 is 0 Å². The van der Waals surface area contributed by atoms with Gasteiger partial charge in [-0.3, -0.25) is 14.9 Å². The number of nitrogens with zero attached hydrogens (tertiary/aromatic N) is 1. The molecule has 0 radical (unpaired) electrons. The minimum atomic E-state index is -1.01. The van der Waals surface area contributed by atoms with E-state index in [0.717, 1.165) is 14.9 Å². The zero-order chi connectivity index (χ0) is 26.7. The van der Waals surface area contributed by atoms with Gasteiger partial charge in [-0.15, -0.1) is 0 Å². The highest BCUT2D eigenvalue weighted by atomic mass is 79.9. The topological polar surface area (TPSA) is 122 Å². The van der Waals surface area contributed by atoms with Gasteiger partial charge in [0.25, 0.3) is 11.8 Å². The molecule has 1 heterocycles. The second-order valence-electron chi connectivity index (χ2n) is 8.09. The molecule has 0 unspecified atom stereocenters. The van der Waals surface area contributed by atoms with Crippen molar-refractivity contribution in [2.75, 3.05) is 12.0 Å². The second-order valence-corrected chi connectivity index (χ2v) is 9.01. The largest absolute Gasteiger partial charge is 0.493 e. The van der Waals surface area contributed by atoms with Gasteiger partial charge in [0, 0.05) is 4.47 Å². The van der Waals surface area contributed by atoms with Gasteiger partial charge in [-0.25, -0.2) is 14.5 Å². The molecule has 9 nitrogen and oxygen atoms in total. The number of rotatable bonds is 7. The fraction of sp³-hybridized carbons (Fsp3) is 0.111. The third-order valence-corrected chi connectivity index (χ3v) is 6.09. The summed E-state index contributed by atoms with van der Waals surface area (Å²) >= 11 is 3.35. The van der Waals surface area contributed by atoms with Gasteiger partial charge in [0.1, 0.15) is 12.2 Å². The summed E-state index contributed by atoms with van der Waals surface area (Å²) in [5.74, 6) is -1.79. The number of carbonyl (C=O) groups excluding carboxylic acids is 3. The Balaban J connectivity index is 1.57. The first-order chi connectivity index (χ1) is 17.7. The molecule has 1 fully saturated rings. The first kappa shape index (κ1) is 25.6. The van der Waals surface area contributed by atoms with E-state index in [4.69, 9.17) is 14.6 Å². The van der Waals surface area contributed by atoms with Crippen LogP contribution in [0.2, 0.25) is 0 Å².